The molecule has 76 valence electrons. The van der Waals surface area contributed by atoms with Gasteiger partial charge >= 0.3 is 0 Å². The molecule has 1 heterocycles. The first kappa shape index (κ1) is 11.3. The van der Waals surface area contributed by atoms with Crippen molar-refractivity contribution in [2.75, 3.05) is 0 Å². The van der Waals surface area contributed by atoms with Crippen LogP contribution in [0, 0.1) is 6.92 Å². The Morgan fingerprint density at radius 1 is 1.57 bits per heavy atom. The van der Waals surface area contributed by atoms with Gasteiger partial charge in [-0.25, -0.2) is 13.8 Å². The molecule has 0 saturated heterocycles. The number of nitrogens with zero attached hydrogens (tertiary/aromatic N) is 1. The summed E-state index contributed by atoms with van der Waals surface area (Å²) in [5, 5.41) is -1.04. The van der Waals surface area contributed by atoms with Crippen LogP contribution in [0.5, 0.6) is 0 Å². The highest BCUT2D eigenvalue weighted by molar-refractivity contribution is 6.68. The third kappa shape index (κ3) is 2.19. The standard InChI is InChI=1S/C8H5Cl2F2NO/c1-3-2-4(9)13-6(8(11)12)5(3)7(10)14/h2,8H,1H3. The molecule has 0 unspecified atom stereocenters. The summed E-state index contributed by atoms with van der Waals surface area (Å²) in [5.74, 6) is 0. The number of carbonyl (C=O) groups is 1. The molecule has 0 N–H and O–H groups in total. The van der Waals surface area contributed by atoms with Gasteiger partial charge in [-0.2, -0.15) is 0 Å². The van der Waals surface area contributed by atoms with Crippen LogP contribution in [0.25, 0.3) is 0 Å². The first-order chi connectivity index (χ1) is 6.43. The van der Waals surface area contributed by atoms with Crippen molar-refractivity contribution in [2.24, 2.45) is 0 Å². The van der Waals surface area contributed by atoms with E-state index in [0.29, 0.717) is 5.56 Å². The van der Waals surface area contributed by atoms with E-state index in [2.05, 4.69) is 4.98 Å². The second-order valence-electron chi connectivity index (χ2n) is 2.60. The summed E-state index contributed by atoms with van der Waals surface area (Å²) in [7, 11) is 0. The molecule has 1 aromatic rings. The van der Waals surface area contributed by atoms with E-state index in [-0.39, 0.29) is 10.7 Å². The van der Waals surface area contributed by atoms with Gasteiger partial charge in [0.2, 0.25) is 0 Å². The molecule has 1 rings (SSSR count). The fourth-order valence-electron chi connectivity index (χ4n) is 1.07. The first-order valence-corrected chi connectivity index (χ1v) is 4.34. The number of halogens is 4. The van der Waals surface area contributed by atoms with Crippen molar-refractivity contribution in [1.82, 2.24) is 4.98 Å². The van der Waals surface area contributed by atoms with Crippen LogP contribution >= 0.6 is 23.2 Å². The van der Waals surface area contributed by atoms with Crippen LogP contribution in [-0.4, -0.2) is 10.2 Å². The molecule has 0 aliphatic heterocycles. The summed E-state index contributed by atoms with van der Waals surface area (Å²) in [6.45, 7) is 1.47. The second-order valence-corrected chi connectivity index (χ2v) is 3.33. The highest BCUT2D eigenvalue weighted by Crippen LogP contribution is 2.26. The second kappa shape index (κ2) is 4.19. The molecule has 0 atom stereocenters. The SMILES string of the molecule is Cc1cc(Cl)nc(C(F)F)c1C(=O)Cl. The van der Waals surface area contributed by atoms with Gasteiger partial charge in [0.15, 0.2) is 0 Å². The zero-order valence-corrected chi connectivity index (χ0v) is 8.53. The molecule has 0 spiro atoms. The normalized spacial score (nSPS) is 10.7. The zero-order valence-electron chi connectivity index (χ0n) is 7.02. The molecule has 0 fully saturated rings. The van der Waals surface area contributed by atoms with E-state index >= 15 is 0 Å². The highest BCUT2D eigenvalue weighted by atomic mass is 35.5. The van der Waals surface area contributed by atoms with E-state index in [1.54, 1.807) is 0 Å². The van der Waals surface area contributed by atoms with Crippen LogP contribution in [0.2, 0.25) is 5.15 Å². The number of aromatic nitrogens is 1. The minimum absolute atomic E-state index is 0.0838. The molecule has 0 saturated carbocycles. The number of hydrogen-bond donors (Lipinski definition) is 0. The maximum Gasteiger partial charge on any atom is 0.281 e. The van der Waals surface area contributed by atoms with Crippen LogP contribution in [0.4, 0.5) is 8.78 Å². The van der Waals surface area contributed by atoms with Gasteiger partial charge in [0.05, 0.1) is 5.56 Å². The molecule has 0 amide bonds. The van der Waals surface area contributed by atoms with Gasteiger partial charge in [-0.05, 0) is 30.2 Å². The Morgan fingerprint density at radius 2 is 2.14 bits per heavy atom. The molecule has 0 radical (unpaired) electrons. The van der Waals surface area contributed by atoms with Crippen molar-refractivity contribution in [1.29, 1.82) is 0 Å². The summed E-state index contributed by atoms with van der Waals surface area (Å²) in [4.78, 5) is 14.2. The zero-order chi connectivity index (χ0) is 10.9. The molecule has 0 aliphatic carbocycles. The van der Waals surface area contributed by atoms with Crippen LogP contribution in [0.1, 0.15) is 28.0 Å². The Morgan fingerprint density at radius 3 is 2.57 bits per heavy atom. The summed E-state index contributed by atoms with van der Waals surface area (Å²) in [6, 6.07) is 1.31. The summed E-state index contributed by atoms with van der Waals surface area (Å²) in [5.41, 5.74) is -0.652. The Kier molecular flexibility index (Phi) is 3.39. The summed E-state index contributed by atoms with van der Waals surface area (Å²) >= 11 is 10.6. The summed E-state index contributed by atoms with van der Waals surface area (Å²) < 4.78 is 24.8. The molecule has 6 heteroatoms. The molecular formula is C8H5Cl2F2NO. The van der Waals surface area contributed by atoms with Gasteiger partial charge in [0, 0.05) is 0 Å². The molecule has 0 aromatic carbocycles. The van der Waals surface area contributed by atoms with Crippen molar-refractivity contribution in [3.8, 4) is 0 Å². The highest BCUT2D eigenvalue weighted by Gasteiger charge is 2.21. The largest absolute Gasteiger partial charge is 0.281 e. The van der Waals surface area contributed by atoms with Gasteiger partial charge < -0.3 is 0 Å². The molecule has 1 aromatic heterocycles. The fraction of sp³-hybridized carbons (Fsp3) is 0.250. The van der Waals surface area contributed by atoms with Gasteiger partial charge in [0.25, 0.3) is 11.7 Å². The Balaban J connectivity index is 3.44. The average molecular weight is 240 g/mol. The first-order valence-electron chi connectivity index (χ1n) is 3.58. The minimum atomic E-state index is -2.87. The molecule has 2 nitrogen and oxygen atoms in total. The van der Waals surface area contributed by atoms with Gasteiger partial charge in [-0.3, -0.25) is 4.79 Å². The van der Waals surface area contributed by atoms with E-state index in [9.17, 15) is 13.6 Å². The quantitative estimate of drug-likeness (QED) is 0.586. The third-order valence-electron chi connectivity index (χ3n) is 1.62. The monoisotopic (exact) mass is 239 g/mol. The molecule has 0 bridgehead atoms. The lowest BCUT2D eigenvalue weighted by atomic mass is 10.1. The lowest BCUT2D eigenvalue weighted by molar-refractivity contribution is 0.106. The number of pyridine rings is 1. The smallest absolute Gasteiger partial charge is 0.276 e. The van der Waals surface area contributed by atoms with E-state index in [1.807, 2.05) is 0 Å². The van der Waals surface area contributed by atoms with Gasteiger partial charge in [-0.15, -0.1) is 0 Å². The lowest BCUT2D eigenvalue weighted by Gasteiger charge is -2.07. The van der Waals surface area contributed by atoms with Crippen LogP contribution in [0.15, 0.2) is 6.07 Å². The van der Waals surface area contributed by atoms with Crippen molar-refractivity contribution in [3.63, 3.8) is 0 Å². The third-order valence-corrected chi connectivity index (χ3v) is 2.00. The van der Waals surface area contributed by atoms with Crippen molar-refractivity contribution in [3.05, 3.63) is 28.0 Å². The van der Waals surface area contributed by atoms with E-state index in [0.717, 1.165) is 0 Å². The molecule has 0 aliphatic rings. The molecular weight excluding hydrogens is 235 g/mol. The minimum Gasteiger partial charge on any atom is -0.276 e. The maximum atomic E-state index is 12.4. The summed E-state index contributed by atoms with van der Waals surface area (Å²) in [6.07, 6.45) is -2.87. The Hall–Kier alpha value is -0.740. The number of rotatable bonds is 2. The maximum absolute atomic E-state index is 12.4. The van der Waals surface area contributed by atoms with Crippen molar-refractivity contribution < 1.29 is 13.6 Å². The van der Waals surface area contributed by atoms with Crippen LogP contribution in [0.3, 0.4) is 0 Å². The number of aryl methyl sites for hydroxylation is 1. The van der Waals surface area contributed by atoms with E-state index < -0.39 is 17.4 Å². The van der Waals surface area contributed by atoms with Gasteiger partial charge in [0.1, 0.15) is 10.8 Å². The van der Waals surface area contributed by atoms with Crippen LogP contribution in [-0.2, 0) is 0 Å². The van der Waals surface area contributed by atoms with Crippen LogP contribution < -0.4 is 0 Å². The van der Waals surface area contributed by atoms with E-state index in [1.165, 1.54) is 13.0 Å². The lowest BCUT2D eigenvalue weighted by Crippen LogP contribution is -2.04. The van der Waals surface area contributed by atoms with Gasteiger partial charge in [-0.1, -0.05) is 11.6 Å². The number of hydrogen-bond acceptors (Lipinski definition) is 2. The predicted octanol–water partition coefficient (Wildman–Crippen LogP) is 3.36. The van der Waals surface area contributed by atoms with E-state index in [4.69, 9.17) is 23.2 Å². The van der Waals surface area contributed by atoms with Crippen molar-refractivity contribution >= 4 is 28.4 Å². The number of carbonyl (C=O) groups excluding carboxylic acids is 1. The van der Waals surface area contributed by atoms with Crippen molar-refractivity contribution in [2.45, 2.75) is 13.3 Å². The topological polar surface area (TPSA) is 30.0 Å². The molecule has 14 heavy (non-hydrogen) atoms. The average Bonchev–Trinajstić information content (AvgIpc) is 2.01. The fourth-order valence-corrected chi connectivity index (χ4v) is 1.57. The Labute approximate surface area is 88.8 Å². The Bertz CT molecular complexity index is 382. The predicted molar refractivity (Wildman–Crippen MR) is 49.1 cm³/mol. The number of alkyl halides is 2.